The summed E-state index contributed by atoms with van der Waals surface area (Å²) in [4.78, 5) is 23.2. The van der Waals surface area contributed by atoms with Crippen LogP contribution in [0.4, 0.5) is 0 Å². The Bertz CT molecular complexity index is 557. The van der Waals surface area contributed by atoms with Gasteiger partial charge in [0.1, 0.15) is 0 Å². The number of aliphatic carboxylic acids is 2. The predicted molar refractivity (Wildman–Crippen MR) is 103 cm³/mol. The van der Waals surface area contributed by atoms with Gasteiger partial charge in [-0.2, -0.15) is 0 Å². The third-order valence-corrected chi connectivity index (χ3v) is 4.89. The molecule has 0 bridgehead atoms. The molecule has 6 nitrogen and oxygen atoms in total. The minimum absolute atomic E-state index is 0.631. The van der Waals surface area contributed by atoms with Crippen molar-refractivity contribution in [2.45, 2.75) is 26.2 Å². The first-order chi connectivity index (χ1) is 12.2. The van der Waals surface area contributed by atoms with Crippen molar-refractivity contribution in [3.63, 3.8) is 0 Å². The largest absolute Gasteiger partial charge is 0.473 e. The summed E-state index contributed by atoms with van der Waals surface area (Å²) in [7, 11) is 2.21. The fourth-order valence-electron chi connectivity index (χ4n) is 2.99. The van der Waals surface area contributed by atoms with Crippen molar-refractivity contribution in [1.82, 2.24) is 9.80 Å². The van der Waals surface area contributed by atoms with Crippen LogP contribution in [-0.4, -0.2) is 71.7 Å². The minimum atomic E-state index is -1.82. The highest BCUT2D eigenvalue weighted by atomic mass is 35.5. The van der Waals surface area contributed by atoms with E-state index in [9.17, 15) is 0 Å². The van der Waals surface area contributed by atoms with E-state index in [1.807, 2.05) is 12.1 Å². The van der Waals surface area contributed by atoms with E-state index >= 15 is 0 Å². The lowest BCUT2D eigenvalue weighted by atomic mass is 9.85. The molecule has 1 unspecified atom stereocenters. The number of carbonyl (C=O) groups is 2. The maximum Gasteiger partial charge on any atom is 0.414 e. The fraction of sp³-hybridized carbons (Fsp3) is 0.579. The zero-order valence-electron chi connectivity index (χ0n) is 15.7. The van der Waals surface area contributed by atoms with Crippen LogP contribution in [-0.2, 0) is 9.59 Å². The van der Waals surface area contributed by atoms with Crippen LogP contribution in [0.1, 0.15) is 31.7 Å². The second-order valence-electron chi connectivity index (χ2n) is 6.95. The van der Waals surface area contributed by atoms with Gasteiger partial charge in [0.25, 0.3) is 0 Å². The number of halogens is 1. The number of carboxylic acids is 2. The molecule has 1 aliphatic rings. The molecule has 146 valence electrons. The Morgan fingerprint density at radius 3 is 1.96 bits per heavy atom. The number of piperazine rings is 1. The van der Waals surface area contributed by atoms with Gasteiger partial charge in [0.2, 0.25) is 0 Å². The van der Waals surface area contributed by atoms with E-state index < -0.39 is 11.9 Å². The average Bonchev–Trinajstić information content (AvgIpc) is 2.58. The number of likely N-dealkylation sites (N-methyl/N-ethyl adjacent to an activating group) is 1. The SMILES string of the molecule is CC(C)C(CCN1CCN(C)CC1)c1ccc(Cl)cc1.O=C(O)C(=O)O. The molecule has 1 heterocycles. The lowest BCUT2D eigenvalue weighted by Crippen LogP contribution is -2.45. The van der Waals surface area contributed by atoms with Crippen LogP contribution in [0.3, 0.4) is 0 Å². The first kappa shape index (κ1) is 22.4. The van der Waals surface area contributed by atoms with E-state index in [0.717, 1.165) is 5.02 Å². The van der Waals surface area contributed by atoms with Crippen molar-refractivity contribution in [2.24, 2.45) is 5.92 Å². The standard InChI is InChI=1S/C17H27ClN2.C2H2O4/c1-14(2)17(15-4-6-16(18)7-5-15)8-9-20-12-10-19(3)11-13-20;3-1(4)2(5)6/h4-7,14,17H,8-13H2,1-3H3;(H,3,4)(H,5,6). The molecule has 1 aliphatic heterocycles. The molecule has 1 aromatic rings. The van der Waals surface area contributed by atoms with E-state index in [4.69, 9.17) is 31.4 Å². The van der Waals surface area contributed by atoms with Gasteiger partial charge in [0.05, 0.1) is 0 Å². The van der Waals surface area contributed by atoms with Crippen LogP contribution in [0.25, 0.3) is 0 Å². The summed E-state index contributed by atoms with van der Waals surface area (Å²) in [6, 6.07) is 8.41. The van der Waals surface area contributed by atoms with Gasteiger partial charge in [-0.05, 0) is 49.5 Å². The van der Waals surface area contributed by atoms with E-state index in [1.54, 1.807) is 0 Å². The van der Waals surface area contributed by atoms with Crippen LogP contribution >= 0.6 is 11.6 Å². The molecule has 2 rings (SSSR count). The molecule has 0 radical (unpaired) electrons. The third kappa shape index (κ3) is 8.17. The summed E-state index contributed by atoms with van der Waals surface area (Å²) in [5, 5.41) is 15.6. The first-order valence-electron chi connectivity index (χ1n) is 8.83. The summed E-state index contributed by atoms with van der Waals surface area (Å²) in [6.07, 6.45) is 1.24. The molecular weight excluding hydrogens is 356 g/mol. The number of nitrogens with zero attached hydrogens (tertiary/aromatic N) is 2. The smallest absolute Gasteiger partial charge is 0.414 e. The normalized spacial score (nSPS) is 16.7. The van der Waals surface area contributed by atoms with Crippen molar-refractivity contribution in [3.05, 3.63) is 34.9 Å². The topological polar surface area (TPSA) is 81.1 Å². The molecule has 7 heteroatoms. The molecule has 2 N–H and O–H groups in total. The maximum atomic E-state index is 9.10. The lowest BCUT2D eigenvalue weighted by molar-refractivity contribution is -0.159. The monoisotopic (exact) mass is 384 g/mol. The Morgan fingerprint density at radius 1 is 1.04 bits per heavy atom. The minimum Gasteiger partial charge on any atom is -0.473 e. The summed E-state index contributed by atoms with van der Waals surface area (Å²) in [5.74, 6) is -2.35. The Labute approximate surface area is 160 Å². The van der Waals surface area contributed by atoms with Crippen molar-refractivity contribution in [1.29, 1.82) is 0 Å². The van der Waals surface area contributed by atoms with Crippen LogP contribution in [0.15, 0.2) is 24.3 Å². The Kier molecular flexibility index (Phi) is 9.62. The van der Waals surface area contributed by atoms with Gasteiger partial charge in [-0.1, -0.05) is 37.6 Å². The average molecular weight is 385 g/mol. The van der Waals surface area contributed by atoms with Gasteiger partial charge in [-0.25, -0.2) is 9.59 Å². The van der Waals surface area contributed by atoms with Crippen molar-refractivity contribution in [2.75, 3.05) is 39.8 Å². The first-order valence-corrected chi connectivity index (χ1v) is 9.21. The van der Waals surface area contributed by atoms with Crippen LogP contribution in [0.2, 0.25) is 5.02 Å². The van der Waals surface area contributed by atoms with Crippen molar-refractivity contribution < 1.29 is 19.8 Å². The van der Waals surface area contributed by atoms with Crippen LogP contribution in [0.5, 0.6) is 0 Å². The Hall–Kier alpha value is -1.63. The van der Waals surface area contributed by atoms with E-state index in [2.05, 4.69) is 42.8 Å². The van der Waals surface area contributed by atoms with Crippen molar-refractivity contribution >= 4 is 23.5 Å². The van der Waals surface area contributed by atoms with Gasteiger partial charge in [-0.3, -0.25) is 0 Å². The summed E-state index contributed by atoms with van der Waals surface area (Å²) in [5.41, 5.74) is 1.43. The number of hydrogen-bond acceptors (Lipinski definition) is 4. The molecular formula is C19H29ClN2O4. The van der Waals surface area contributed by atoms with Gasteiger partial charge >= 0.3 is 11.9 Å². The molecule has 1 saturated heterocycles. The van der Waals surface area contributed by atoms with E-state index in [0.29, 0.717) is 11.8 Å². The van der Waals surface area contributed by atoms with Gasteiger partial charge in [0.15, 0.2) is 0 Å². The number of rotatable bonds is 5. The zero-order chi connectivity index (χ0) is 19.7. The molecule has 26 heavy (non-hydrogen) atoms. The molecule has 0 saturated carbocycles. The number of benzene rings is 1. The predicted octanol–water partition coefficient (Wildman–Crippen LogP) is 2.87. The lowest BCUT2D eigenvalue weighted by Gasteiger charge is -2.33. The Balaban J connectivity index is 0.000000487. The highest BCUT2D eigenvalue weighted by molar-refractivity contribution is 6.30. The fourth-order valence-corrected chi connectivity index (χ4v) is 3.11. The van der Waals surface area contributed by atoms with E-state index in [-0.39, 0.29) is 0 Å². The quantitative estimate of drug-likeness (QED) is 0.760. The third-order valence-electron chi connectivity index (χ3n) is 4.64. The molecule has 0 aliphatic carbocycles. The Morgan fingerprint density at radius 2 is 1.54 bits per heavy atom. The highest BCUT2D eigenvalue weighted by Crippen LogP contribution is 2.29. The summed E-state index contributed by atoms with van der Waals surface area (Å²) < 4.78 is 0. The van der Waals surface area contributed by atoms with Crippen LogP contribution in [0, 0.1) is 5.92 Å². The molecule has 1 atom stereocenters. The van der Waals surface area contributed by atoms with Crippen LogP contribution < -0.4 is 0 Å². The molecule has 0 amide bonds. The number of hydrogen-bond donors (Lipinski definition) is 2. The molecule has 1 aromatic carbocycles. The zero-order valence-corrected chi connectivity index (χ0v) is 16.4. The summed E-state index contributed by atoms with van der Waals surface area (Å²) in [6.45, 7) is 10.7. The van der Waals surface area contributed by atoms with Gasteiger partial charge in [-0.15, -0.1) is 0 Å². The molecule has 0 spiro atoms. The number of carboxylic acid groups (broad SMARTS) is 2. The highest BCUT2D eigenvalue weighted by Gasteiger charge is 2.19. The van der Waals surface area contributed by atoms with E-state index in [1.165, 1.54) is 44.7 Å². The van der Waals surface area contributed by atoms with Gasteiger partial charge in [0, 0.05) is 31.2 Å². The molecule has 1 fully saturated rings. The van der Waals surface area contributed by atoms with Gasteiger partial charge < -0.3 is 20.0 Å². The van der Waals surface area contributed by atoms with Crippen molar-refractivity contribution in [3.8, 4) is 0 Å². The molecule has 0 aromatic heterocycles. The second-order valence-corrected chi connectivity index (χ2v) is 7.38. The summed E-state index contributed by atoms with van der Waals surface area (Å²) >= 11 is 6.00. The second kappa shape index (κ2) is 11.2. The maximum absolute atomic E-state index is 9.10.